The molecule has 6 rings (SSSR count). The summed E-state index contributed by atoms with van der Waals surface area (Å²) in [6, 6.07) is 6.27. The van der Waals surface area contributed by atoms with Crippen molar-refractivity contribution in [3.63, 3.8) is 0 Å². The Bertz CT molecular complexity index is 1070. The standard InChI is InChI=1S/C32H47N3O5/c1-32-14-13-26-25-10-8-24(21-22(25)7-9-27(26)28(32)11-12-29(32)36)40-31(38)35-19-17-34(18-20-35)16-15-33-30(37)39-23-5-3-2-4-6-23/h8,10,21,23,26-29,36H,2-7,9,11-20H2,1H3,(H,33,37). The lowest BCUT2D eigenvalue weighted by molar-refractivity contribution is -0.0226. The third kappa shape index (κ3) is 5.71. The van der Waals surface area contributed by atoms with Gasteiger partial charge in [0, 0.05) is 39.3 Å². The summed E-state index contributed by atoms with van der Waals surface area (Å²) in [5.41, 5.74) is 2.85. The van der Waals surface area contributed by atoms with E-state index in [4.69, 9.17) is 9.47 Å². The highest BCUT2D eigenvalue weighted by Crippen LogP contribution is 2.60. The van der Waals surface area contributed by atoms with Gasteiger partial charge in [0.1, 0.15) is 11.9 Å². The van der Waals surface area contributed by atoms with Crippen molar-refractivity contribution in [1.29, 1.82) is 0 Å². The minimum absolute atomic E-state index is 0.0702. The number of fused-ring (bicyclic) bond motifs is 5. The molecule has 2 N–H and O–H groups in total. The van der Waals surface area contributed by atoms with E-state index in [-0.39, 0.29) is 29.8 Å². The minimum Gasteiger partial charge on any atom is -0.446 e. The van der Waals surface area contributed by atoms with Gasteiger partial charge in [0.05, 0.1) is 6.10 Å². The number of piperazine rings is 1. The van der Waals surface area contributed by atoms with E-state index in [9.17, 15) is 14.7 Å². The second-order valence-corrected chi connectivity index (χ2v) is 13.2. The molecule has 1 aliphatic heterocycles. The first-order chi connectivity index (χ1) is 19.4. The van der Waals surface area contributed by atoms with Crippen LogP contribution in [-0.4, -0.2) is 78.6 Å². The van der Waals surface area contributed by atoms with E-state index in [2.05, 4.69) is 29.3 Å². The van der Waals surface area contributed by atoms with Crippen LogP contribution in [0.1, 0.15) is 88.2 Å². The molecule has 0 radical (unpaired) electrons. The van der Waals surface area contributed by atoms with Crippen LogP contribution in [-0.2, 0) is 11.2 Å². The number of benzene rings is 1. The number of ether oxygens (including phenoxy) is 2. The van der Waals surface area contributed by atoms with E-state index in [1.807, 2.05) is 6.07 Å². The highest BCUT2D eigenvalue weighted by atomic mass is 16.6. The Balaban J connectivity index is 0.948. The summed E-state index contributed by atoms with van der Waals surface area (Å²) in [6.07, 6.45) is 11.3. The molecule has 8 nitrogen and oxygen atoms in total. The van der Waals surface area contributed by atoms with Crippen LogP contribution in [0, 0.1) is 17.3 Å². The van der Waals surface area contributed by atoms with Gasteiger partial charge in [0.15, 0.2) is 0 Å². The molecule has 4 fully saturated rings. The molecule has 1 saturated heterocycles. The fourth-order valence-electron chi connectivity index (χ4n) is 8.61. The Morgan fingerprint density at radius 3 is 2.62 bits per heavy atom. The van der Waals surface area contributed by atoms with Crippen molar-refractivity contribution in [3.05, 3.63) is 29.3 Å². The van der Waals surface area contributed by atoms with Crippen LogP contribution in [0.3, 0.4) is 0 Å². The monoisotopic (exact) mass is 553 g/mol. The third-order valence-corrected chi connectivity index (χ3v) is 11.0. The molecule has 3 saturated carbocycles. The summed E-state index contributed by atoms with van der Waals surface area (Å²) >= 11 is 0. The van der Waals surface area contributed by atoms with E-state index < -0.39 is 0 Å². The summed E-state index contributed by atoms with van der Waals surface area (Å²) in [5, 5.41) is 13.5. The smallest absolute Gasteiger partial charge is 0.415 e. The van der Waals surface area contributed by atoms with E-state index in [0.29, 0.717) is 43.1 Å². The predicted octanol–water partition coefficient (Wildman–Crippen LogP) is 5.08. The van der Waals surface area contributed by atoms with Crippen LogP contribution < -0.4 is 10.1 Å². The number of aliphatic hydroxyl groups excluding tert-OH is 1. The minimum atomic E-state index is -0.311. The highest BCUT2D eigenvalue weighted by molar-refractivity contribution is 5.71. The number of carbonyl (C=O) groups is 2. The van der Waals surface area contributed by atoms with Crippen molar-refractivity contribution in [3.8, 4) is 5.75 Å². The Hall–Kier alpha value is -2.32. The molecule has 1 aromatic carbocycles. The normalized spacial score (nSPS) is 32.5. The zero-order chi connectivity index (χ0) is 27.7. The van der Waals surface area contributed by atoms with Gasteiger partial charge in [-0.2, -0.15) is 0 Å². The molecule has 220 valence electrons. The molecule has 4 aliphatic carbocycles. The van der Waals surface area contributed by atoms with Gasteiger partial charge < -0.3 is 24.8 Å². The molecule has 40 heavy (non-hydrogen) atoms. The van der Waals surface area contributed by atoms with Crippen LogP contribution in [0.2, 0.25) is 0 Å². The molecule has 5 atom stereocenters. The maximum atomic E-state index is 12.9. The lowest BCUT2D eigenvalue weighted by Crippen LogP contribution is -2.51. The molecule has 8 heteroatoms. The quantitative estimate of drug-likeness (QED) is 0.529. The lowest BCUT2D eigenvalue weighted by atomic mass is 9.55. The van der Waals surface area contributed by atoms with Crippen molar-refractivity contribution < 1.29 is 24.2 Å². The average Bonchev–Trinajstić information content (AvgIpc) is 3.27. The van der Waals surface area contributed by atoms with Gasteiger partial charge in [-0.1, -0.05) is 19.4 Å². The number of alkyl carbamates (subject to hydrolysis) is 1. The highest BCUT2D eigenvalue weighted by Gasteiger charge is 2.54. The van der Waals surface area contributed by atoms with Crippen LogP contribution in [0.5, 0.6) is 5.75 Å². The number of hydrogen-bond donors (Lipinski definition) is 2. The number of nitrogens with zero attached hydrogens (tertiary/aromatic N) is 2. The molecule has 5 aliphatic rings. The Labute approximate surface area is 238 Å². The summed E-state index contributed by atoms with van der Waals surface area (Å²) in [5.74, 6) is 2.48. The summed E-state index contributed by atoms with van der Waals surface area (Å²) in [4.78, 5) is 29.1. The SMILES string of the molecule is CC12CCC3c4ccc(OC(=O)N5CCN(CCNC(=O)OC6CCCCC6)CC5)cc4CCC3C1CCC2O. The molecular formula is C32H47N3O5. The predicted molar refractivity (Wildman–Crippen MR) is 152 cm³/mol. The number of aryl methyl sites for hydroxylation is 1. The molecular weight excluding hydrogens is 506 g/mol. The molecule has 2 amide bonds. The second-order valence-electron chi connectivity index (χ2n) is 13.2. The Morgan fingerprint density at radius 1 is 1.02 bits per heavy atom. The fraction of sp³-hybridized carbons (Fsp3) is 0.750. The summed E-state index contributed by atoms with van der Waals surface area (Å²) in [7, 11) is 0. The van der Waals surface area contributed by atoms with Crippen LogP contribution >= 0.6 is 0 Å². The molecule has 5 unspecified atom stereocenters. The van der Waals surface area contributed by atoms with Crippen molar-refractivity contribution in [1.82, 2.24) is 15.1 Å². The Kier molecular flexibility index (Phi) is 8.27. The van der Waals surface area contributed by atoms with Crippen molar-refractivity contribution in [2.24, 2.45) is 17.3 Å². The average molecular weight is 554 g/mol. The van der Waals surface area contributed by atoms with Crippen molar-refractivity contribution in [2.45, 2.75) is 95.7 Å². The van der Waals surface area contributed by atoms with Gasteiger partial charge >= 0.3 is 12.2 Å². The molecule has 0 aromatic heterocycles. The topological polar surface area (TPSA) is 91.3 Å². The number of aliphatic hydroxyl groups is 1. The molecule has 0 spiro atoms. The van der Waals surface area contributed by atoms with Gasteiger partial charge in [-0.15, -0.1) is 0 Å². The van der Waals surface area contributed by atoms with Crippen molar-refractivity contribution >= 4 is 12.2 Å². The van der Waals surface area contributed by atoms with E-state index >= 15 is 0 Å². The maximum Gasteiger partial charge on any atom is 0.415 e. The van der Waals surface area contributed by atoms with E-state index in [0.717, 1.165) is 83.8 Å². The number of hydrogen-bond acceptors (Lipinski definition) is 6. The van der Waals surface area contributed by atoms with E-state index in [1.54, 1.807) is 4.90 Å². The maximum absolute atomic E-state index is 12.9. The zero-order valence-corrected chi connectivity index (χ0v) is 24.1. The summed E-state index contributed by atoms with van der Waals surface area (Å²) in [6.45, 7) is 6.36. The second kappa shape index (κ2) is 11.9. The van der Waals surface area contributed by atoms with Crippen LogP contribution in [0.15, 0.2) is 18.2 Å². The Morgan fingerprint density at radius 2 is 1.82 bits per heavy atom. The van der Waals surface area contributed by atoms with Gasteiger partial charge in [-0.25, -0.2) is 9.59 Å². The summed E-state index contributed by atoms with van der Waals surface area (Å²) < 4.78 is 11.4. The zero-order valence-electron chi connectivity index (χ0n) is 24.1. The first-order valence-corrected chi connectivity index (χ1v) is 15.9. The number of amides is 2. The number of rotatable bonds is 5. The fourth-order valence-corrected chi connectivity index (χ4v) is 8.61. The molecule has 0 bridgehead atoms. The number of nitrogens with one attached hydrogen (secondary N) is 1. The van der Waals surface area contributed by atoms with Crippen molar-refractivity contribution in [2.75, 3.05) is 39.3 Å². The van der Waals surface area contributed by atoms with Gasteiger partial charge in [0.2, 0.25) is 0 Å². The van der Waals surface area contributed by atoms with Crippen LogP contribution in [0.4, 0.5) is 9.59 Å². The van der Waals surface area contributed by atoms with E-state index in [1.165, 1.54) is 17.5 Å². The first-order valence-electron chi connectivity index (χ1n) is 15.9. The largest absolute Gasteiger partial charge is 0.446 e. The first kappa shape index (κ1) is 27.8. The third-order valence-electron chi connectivity index (χ3n) is 11.0. The molecule has 1 heterocycles. The number of carbonyl (C=O) groups excluding carboxylic acids is 2. The lowest BCUT2D eigenvalue weighted by Gasteiger charge is -2.50. The van der Waals surface area contributed by atoms with Gasteiger partial charge in [-0.3, -0.25) is 4.90 Å². The van der Waals surface area contributed by atoms with Crippen LogP contribution in [0.25, 0.3) is 0 Å². The van der Waals surface area contributed by atoms with Gasteiger partial charge in [0.25, 0.3) is 0 Å². The van der Waals surface area contributed by atoms with Gasteiger partial charge in [-0.05, 0) is 111 Å². The molecule has 1 aromatic rings.